The predicted octanol–water partition coefficient (Wildman–Crippen LogP) is 0.427. The molecule has 4 atom stereocenters. The molecule has 0 amide bonds. The zero-order valence-corrected chi connectivity index (χ0v) is 13.5. The lowest BCUT2D eigenvalue weighted by molar-refractivity contribution is -0.298. The Labute approximate surface area is 139 Å². The Kier molecular flexibility index (Phi) is 3.63. The molecule has 4 rings (SSSR count). The van der Waals surface area contributed by atoms with Crippen LogP contribution in [-0.4, -0.2) is 60.0 Å². The van der Waals surface area contributed by atoms with Crippen molar-refractivity contribution >= 4 is 5.69 Å². The van der Waals surface area contributed by atoms with E-state index in [4.69, 9.17) is 23.7 Å². The number of hydrogen-bond acceptors (Lipinski definition) is 8. The van der Waals surface area contributed by atoms with Crippen molar-refractivity contribution in [1.29, 1.82) is 0 Å². The molecule has 2 saturated heterocycles. The van der Waals surface area contributed by atoms with Gasteiger partial charge in [-0.05, 0) is 26.0 Å². The molecule has 1 aromatic carbocycles. The van der Waals surface area contributed by atoms with Crippen molar-refractivity contribution in [2.45, 2.75) is 43.7 Å². The van der Waals surface area contributed by atoms with Gasteiger partial charge in [0.05, 0.1) is 13.2 Å². The van der Waals surface area contributed by atoms with Crippen LogP contribution in [0.3, 0.4) is 0 Å². The number of ether oxygens (including phenoxy) is 5. The van der Waals surface area contributed by atoms with Gasteiger partial charge in [0.2, 0.25) is 12.6 Å². The Morgan fingerprint density at radius 3 is 2.83 bits per heavy atom. The average molecular weight is 339 g/mol. The maximum Gasteiger partial charge on any atom is 0.231 e. The van der Waals surface area contributed by atoms with Crippen LogP contribution in [0.25, 0.3) is 0 Å². The third kappa shape index (κ3) is 2.70. The summed E-state index contributed by atoms with van der Waals surface area (Å²) in [6.45, 7) is 3.86. The van der Waals surface area contributed by atoms with Crippen molar-refractivity contribution in [2.75, 3.05) is 25.3 Å². The van der Waals surface area contributed by atoms with E-state index in [9.17, 15) is 10.2 Å². The Bertz CT molecular complexity index is 637. The highest BCUT2D eigenvalue weighted by molar-refractivity contribution is 5.55. The third-order valence-electron chi connectivity index (χ3n) is 4.41. The van der Waals surface area contributed by atoms with Gasteiger partial charge in [-0.3, -0.25) is 0 Å². The molecule has 24 heavy (non-hydrogen) atoms. The standard InChI is InChI=1S/C16H21NO7/c1-15(2)23-12-6-22-16(19,14(18)13(12)24-15)7-17-9-3-4-10-11(5-9)21-8-20-10/h3-5,12-14,17-19H,6-8H2,1-2H3/t12-,13-,14+,16-/m1/s1. The first kappa shape index (κ1) is 15.9. The van der Waals surface area contributed by atoms with E-state index in [1.54, 1.807) is 32.0 Å². The molecular weight excluding hydrogens is 318 g/mol. The van der Waals surface area contributed by atoms with E-state index >= 15 is 0 Å². The number of benzene rings is 1. The van der Waals surface area contributed by atoms with Crippen LogP contribution >= 0.6 is 0 Å². The molecule has 0 bridgehead atoms. The van der Waals surface area contributed by atoms with Crippen LogP contribution in [0.15, 0.2) is 18.2 Å². The van der Waals surface area contributed by atoms with Gasteiger partial charge in [-0.2, -0.15) is 0 Å². The molecule has 0 aliphatic carbocycles. The minimum absolute atomic E-state index is 0.0131. The Morgan fingerprint density at radius 1 is 1.21 bits per heavy atom. The maximum atomic E-state index is 10.7. The molecule has 0 saturated carbocycles. The first-order valence-electron chi connectivity index (χ1n) is 7.90. The van der Waals surface area contributed by atoms with Crippen LogP contribution in [-0.2, 0) is 14.2 Å². The molecule has 0 aromatic heterocycles. The van der Waals surface area contributed by atoms with Crippen LogP contribution in [0.2, 0.25) is 0 Å². The van der Waals surface area contributed by atoms with Crippen LogP contribution < -0.4 is 14.8 Å². The van der Waals surface area contributed by atoms with Gasteiger partial charge in [-0.1, -0.05) is 0 Å². The molecule has 132 valence electrons. The molecule has 2 fully saturated rings. The summed E-state index contributed by atoms with van der Waals surface area (Å²) in [4.78, 5) is 0. The van der Waals surface area contributed by atoms with Gasteiger partial charge in [0.1, 0.15) is 18.3 Å². The van der Waals surface area contributed by atoms with E-state index in [0.717, 1.165) is 5.69 Å². The highest BCUT2D eigenvalue weighted by Crippen LogP contribution is 2.38. The zero-order chi connectivity index (χ0) is 16.9. The second-order valence-electron chi connectivity index (χ2n) is 6.66. The summed E-state index contributed by atoms with van der Waals surface area (Å²) in [6.07, 6.45) is -2.28. The van der Waals surface area contributed by atoms with E-state index in [1.807, 2.05) is 0 Å². The van der Waals surface area contributed by atoms with Crippen LogP contribution in [0.4, 0.5) is 5.69 Å². The minimum Gasteiger partial charge on any atom is -0.454 e. The number of nitrogens with one attached hydrogen (secondary N) is 1. The number of rotatable bonds is 3. The van der Waals surface area contributed by atoms with Gasteiger partial charge in [0, 0.05) is 11.8 Å². The first-order valence-corrected chi connectivity index (χ1v) is 7.90. The summed E-state index contributed by atoms with van der Waals surface area (Å²) in [7, 11) is 0. The second kappa shape index (κ2) is 5.47. The number of hydrogen-bond donors (Lipinski definition) is 3. The van der Waals surface area contributed by atoms with E-state index in [0.29, 0.717) is 11.5 Å². The summed E-state index contributed by atoms with van der Waals surface area (Å²) < 4.78 is 27.4. The topological polar surface area (TPSA) is 98.6 Å². The number of aliphatic hydroxyl groups is 2. The monoisotopic (exact) mass is 339 g/mol. The molecule has 3 aliphatic rings. The zero-order valence-electron chi connectivity index (χ0n) is 13.5. The highest BCUT2D eigenvalue weighted by Gasteiger charge is 2.56. The van der Waals surface area contributed by atoms with Crippen molar-refractivity contribution in [3.05, 3.63) is 18.2 Å². The molecular formula is C16H21NO7. The van der Waals surface area contributed by atoms with Crippen LogP contribution in [0, 0.1) is 0 Å². The Morgan fingerprint density at radius 2 is 2.00 bits per heavy atom. The van der Waals surface area contributed by atoms with Gasteiger partial charge in [-0.15, -0.1) is 0 Å². The van der Waals surface area contributed by atoms with Gasteiger partial charge >= 0.3 is 0 Å². The molecule has 8 heteroatoms. The molecule has 8 nitrogen and oxygen atoms in total. The largest absolute Gasteiger partial charge is 0.454 e. The fourth-order valence-electron chi connectivity index (χ4n) is 3.22. The molecule has 3 heterocycles. The Hall–Kier alpha value is -1.58. The van der Waals surface area contributed by atoms with Crippen molar-refractivity contribution in [3.63, 3.8) is 0 Å². The van der Waals surface area contributed by atoms with Gasteiger partial charge in [0.25, 0.3) is 0 Å². The SMILES string of the molecule is CC1(C)O[C@@H]2[C@@H](CO[C@](O)(CNc3ccc4c(c3)OCO4)[C@H]2O)O1. The molecule has 0 radical (unpaired) electrons. The smallest absolute Gasteiger partial charge is 0.231 e. The quantitative estimate of drug-likeness (QED) is 0.729. The lowest BCUT2D eigenvalue weighted by Gasteiger charge is -2.41. The van der Waals surface area contributed by atoms with Crippen molar-refractivity contribution in [3.8, 4) is 11.5 Å². The lowest BCUT2D eigenvalue weighted by Crippen LogP contribution is -2.62. The van der Waals surface area contributed by atoms with Gasteiger partial charge in [0.15, 0.2) is 17.3 Å². The Balaban J connectivity index is 1.44. The highest BCUT2D eigenvalue weighted by atomic mass is 16.8. The molecule has 0 spiro atoms. The van der Waals surface area contributed by atoms with Crippen molar-refractivity contribution in [1.82, 2.24) is 0 Å². The molecule has 3 aliphatic heterocycles. The van der Waals surface area contributed by atoms with E-state index in [2.05, 4.69) is 5.32 Å². The minimum atomic E-state index is -1.78. The van der Waals surface area contributed by atoms with Gasteiger partial charge in [-0.25, -0.2) is 0 Å². The summed E-state index contributed by atoms with van der Waals surface area (Å²) in [6, 6.07) is 5.34. The fraction of sp³-hybridized carbons (Fsp3) is 0.625. The fourth-order valence-corrected chi connectivity index (χ4v) is 3.22. The van der Waals surface area contributed by atoms with Gasteiger partial charge < -0.3 is 39.2 Å². The maximum absolute atomic E-state index is 10.7. The van der Waals surface area contributed by atoms with Crippen molar-refractivity contribution < 1.29 is 33.9 Å². The third-order valence-corrected chi connectivity index (χ3v) is 4.41. The van der Waals surface area contributed by atoms with E-state index < -0.39 is 29.9 Å². The number of fused-ring (bicyclic) bond motifs is 2. The second-order valence-corrected chi connectivity index (χ2v) is 6.66. The average Bonchev–Trinajstić information content (AvgIpc) is 3.12. The van der Waals surface area contributed by atoms with Crippen molar-refractivity contribution in [2.24, 2.45) is 0 Å². The first-order chi connectivity index (χ1) is 11.4. The summed E-state index contributed by atoms with van der Waals surface area (Å²) in [5.41, 5.74) is 0.717. The lowest BCUT2D eigenvalue weighted by atomic mass is 9.97. The van der Waals surface area contributed by atoms with Crippen LogP contribution in [0.1, 0.15) is 13.8 Å². The summed E-state index contributed by atoms with van der Waals surface area (Å²) in [5.74, 6) is -1.28. The summed E-state index contributed by atoms with van der Waals surface area (Å²) in [5, 5.41) is 24.2. The number of anilines is 1. The van der Waals surface area contributed by atoms with E-state index in [1.165, 1.54) is 0 Å². The van der Waals surface area contributed by atoms with Crippen LogP contribution in [0.5, 0.6) is 11.5 Å². The summed E-state index contributed by atoms with van der Waals surface area (Å²) >= 11 is 0. The molecule has 1 aromatic rings. The predicted molar refractivity (Wildman–Crippen MR) is 81.8 cm³/mol. The number of aliphatic hydroxyl groups excluding tert-OH is 1. The van der Waals surface area contributed by atoms with E-state index in [-0.39, 0.29) is 19.9 Å². The molecule has 3 N–H and O–H groups in total. The normalized spacial score (nSPS) is 36.4. The molecule has 0 unspecified atom stereocenters.